The minimum absolute atomic E-state index is 0.0894. The van der Waals surface area contributed by atoms with E-state index in [0.29, 0.717) is 6.54 Å². The fourth-order valence-corrected chi connectivity index (χ4v) is 4.16. The maximum absolute atomic E-state index is 12.5. The Labute approximate surface area is 161 Å². The maximum atomic E-state index is 12.5. The molecule has 1 aliphatic heterocycles. The van der Waals surface area contributed by atoms with Crippen LogP contribution in [0, 0.1) is 6.92 Å². The summed E-state index contributed by atoms with van der Waals surface area (Å²) in [6, 6.07) is 16.8. The fourth-order valence-electron chi connectivity index (χ4n) is 3.27. The summed E-state index contributed by atoms with van der Waals surface area (Å²) < 4.78 is 0. The highest BCUT2D eigenvalue weighted by atomic mass is 32.2. The summed E-state index contributed by atoms with van der Waals surface area (Å²) in [5, 5.41) is 3.01. The van der Waals surface area contributed by atoms with Crippen molar-refractivity contribution >= 4 is 17.7 Å². The van der Waals surface area contributed by atoms with E-state index in [1.165, 1.54) is 42.6 Å². The van der Waals surface area contributed by atoms with Crippen molar-refractivity contribution in [2.24, 2.45) is 0 Å². The predicted molar refractivity (Wildman–Crippen MR) is 109 cm³/mol. The van der Waals surface area contributed by atoms with Crippen molar-refractivity contribution in [3.8, 4) is 0 Å². The van der Waals surface area contributed by atoms with Crippen molar-refractivity contribution in [1.29, 1.82) is 0 Å². The maximum Gasteiger partial charge on any atom is 0.233 e. The summed E-state index contributed by atoms with van der Waals surface area (Å²) in [5.41, 5.74) is 3.79. The van der Waals surface area contributed by atoms with Crippen LogP contribution in [0.2, 0.25) is 0 Å². The van der Waals surface area contributed by atoms with E-state index >= 15 is 0 Å². The third-order valence-corrected chi connectivity index (χ3v) is 5.98. The van der Waals surface area contributed by atoms with Gasteiger partial charge in [0.15, 0.2) is 0 Å². The number of aryl methyl sites for hydroxylation is 1. The number of amides is 1. The molecule has 1 saturated heterocycles. The van der Waals surface area contributed by atoms with Gasteiger partial charge in [0.25, 0.3) is 0 Å². The SMILES string of the molecule is Cc1ccc(S[C@H](C)C(=O)NCc2ccccc2CN2CCCC2)cc1. The highest BCUT2D eigenvalue weighted by Crippen LogP contribution is 2.23. The Morgan fingerprint density at radius 2 is 1.73 bits per heavy atom. The van der Waals surface area contributed by atoms with Crippen molar-refractivity contribution in [3.05, 3.63) is 65.2 Å². The second-order valence-electron chi connectivity index (χ2n) is 7.04. The Morgan fingerprint density at radius 1 is 1.08 bits per heavy atom. The number of nitrogens with one attached hydrogen (secondary N) is 1. The van der Waals surface area contributed by atoms with Crippen LogP contribution in [0.25, 0.3) is 0 Å². The second-order valence-corrected chi connectivity index (χ2v) is 8.46. The summed E-state index contributed by atoms with van der Waals surface area (Å²) in [4.78, 5) is 16.1. The van der Waals surface area contributed by atoms with Gasteiger partial charge >= 0.3 is 0 Å². The first-order valence-electron chi connectivity index (χ1n) is 9.42. The molecule has 1 atom stereocenters. The first kappa shape index (κ1) is 19.0. The summed E-state index contributed by atoms with van der Waals surface area (Å²) >= 11 is 1.61. The first-order valence-corrected chi connectivity index (χ1v) is 10.3. The lowest BCUT2D eigenvalue weighted by atomic mass is 10.1. The molecule has 0 radical (unpaired) electrons. The molecule has 1 amide bonds. The topological polar surface area (TPSA) is 32.3 Å². The lowest BCUT2D eigenvalue weighted by molar-refractivity contribution is -0.120. The highest BCUT2D eigenvalue weighted by molar-refractivity contribution is 8.00. The van der Waals surface area contributed by atoms with Crippen molar-refractivity contribution in [2.75, 3.05) is 13.1 Å². The van der Waals surface area contributed by atoms with Crippen LogP contribution >= 0.6 is 11.8 Å². The van der Waals surface area contributed by atoms with Crippen molar-refractivity contribution in [3.63, 3.8) is 0 Å². The molecule has 26 heavy (non-hydrogen) atoms. The summed E-state index contributed by atoms with van der Waals surface area (Å²) in [6.45, 7) is 8.00. The van der Waals surface area contributed by atoms with Gasteiger partial charge in [0, 0.05) is 18.0 Å². The molecule has 3 nitrogen and oxygen atoms in total. The molecule has 1 aliphatic rings. The second kappa shape index (κ2) is 9.24. The van der Waals surface area contributed by atoms with Crippen molar-refractivity contribution in [2.45, 2.75) is 49.9 Å². The van der Waals surface area contributed by atoms with Gasteiger partial charge in [0.05, 0.1) is 5.25 Å². The molecular weight excluding hydrogens is 340 g/mol. The number of likely N-dealkylation sites (tertiary alicyclic amines) is 1. The van der Waals surface area contributed by atoms with Gasteiger partial charge in [0.2, 0.25) is 5.91 Å². The van der Waals surface area contributed by atoms with Gasteiger partial charge in [-0.05, 0) is 63.0 Å². The minimum atomic E-state index is -0.108. The lowest BCUT2D eigenvalue weighted by Crippen LogP contribution is -2.31. The number of carbonyl (C=O) groups excluding carboxylic acids is 1. The largest absolute Gasteiger partial charge is 0.351 e. The molecule has 4 heteroatoms. The first-order chi connectivity index (χ1) is 12.6. The molecule has 0 unspecified atom stereocenters. The van der Waals surface area contributed by atoms with E-state index in [1.54, 1.807) is 11.8 Å². The molecular formula is C22H28N2OS. The molecule has 2 aromatic rings. The van der Waals surface area contributed by atoms with Gasteiger partial charge in [-0.25, -0.2) is 0 Å². The van der Waals surface area contributed by atoms with Gasteiger partial charge in [-0.15, -0.1) is 11.8 Å². The molecule has 0 bridgehead atoms. The third kappa shape index (κ3) is 5.36. The Morgan fingerprint density at radius 3 is 2.42 bits per heavy atom. The number of benzene rings is 2. The molecule has 138 valence electrons. The number of carbonyl (C=O) groups is 1. The zero-order valence-corrected chi connectivity index (χ0v) is 16.5. The van der Waals surface area contributed by atoms with Gasteiger partial charge in [-0.3, -0.25) is 9.69 Å². The van der Waals surface area contributed by atoms with E-state index in [4.69, 9.17) is 0 Å². The molecule has 1 fully saturated rings. The average Bonchev–Trinajstić information content (AvgIpc) is 3.15. The van der Waals surface area contributed by atoms with Crippen LogP contribution in [0.15, 0.2) is 53.4 Å². The van der Waals surface area contributed by atoms with Crippen LogP contribution in [0.5, 0.6) is 0 Å². The van der Waals surface area contributed by atoms with E-state index in [9.17, 15) is 4.79 Å². The van der Waals surface area contributed by atoms with Crippen molar-refractivity contribution in [1.82, 2.24) is 10.2 Å². The average molecular weight is 369 g/mol. The van der Waals surface area contributed by atoms with Gasteiger partial charge < -0.3 is 5.32 Å². The molecule has 1 heterocycles. The van der Waals surface area contributed by atoms with E-state index < -0.39 is 0 Å². The fraction of sp³-hybridized carbons (Fsp3) is 0.409. The van der Waals surface area contributed by atoms with Crippen LogP contribution in [0.1, 0.15) is 36.5 Å². The number of rotatable bonds is 7. The number of nitrogens with zero attached hydrogens (tertiary/aromatic N) is 1. The van der Waals surface area contributed by atoms with Gasteiger partial charge in [0.1, 0.15) is 0 Å². The Balaban J connectivity index is 1.54. The number of hydrogen-bond acceptors (Lipinski definition) is 3. The third-order valence-electron chi connectivity index (χ3n) is 4.87. The van der Waals surface area contributed by atoms with Gasteiger partial charge in [-0.1, -0.05) is 42.0 Å². The van der Waals surface area contributed by atoms with E-state index in [-0.39, 0.29) is 11.2 Å². The Kier molecular flexibility index (Phi) is 6.75. The van der Waals surface area contributed by atoms with Crippen LogP contribution < -0.4 is 5.32 Å². The zero-order chi connectivity index (χ0) is 18.4. The van der Waals surface area contributed by atoms with E-state index in [0.717, 1.165) is 11.4 Å². The standard InChI is InChI=1S/C22H28N2OS/c1-17-9-11-21(12-10-17)26-18(2)22(25)23-15-19-7-3-4-8-20(19)16-24-13-5-6-14-24/h3-4,7-12,18H,5-6,13-16H2,1-2H3,(H,23,25)/t18-/m1/s1. The predicted octanol–water partition coefficient (Wildman–Crippen LogP) is 4.39. The summed E-state index contributed by atoms with van der Waals surface area (Å²) in [5.74, 6) is 0.0894. The monoisotopic (exact) mass is 368 g/mol. The molecule has 0 aromatic heterocycles. The molecule has 1 N–H and O–H groups in total. The minimum Gasteiger partial charge on any atom is -0.351 e. The quantitative estimate of drug-likeness (QED) is 0.736. The summed E-state index contributed by atoms with van der Waals surface area (Å²) in [6.07, 6.45) is 2.60. The van der Waals surface area contributed by atoms with Crippen LogP contribution in [-0.4, -0.2) is 29.1 Å². The number of thioether (sulfide) groups is 1. The van der Waals surface area contributed by atoms with Crippen molar-refractivity contribution < 1.29 is 4.79 Å². The van der Waals surface area contributed by atoms with Crippen LogP contribution in [0.4, 0.5) is 0 Å². The Hall–Kier alpha value is -1.78. The molecule has 2 aromatic carbocycles. The molecule has 0 spiro atoms. The van der Waals surface area contributed by atoms with Crippen LogP contribution in [0.3, 0.4) is 0 Å². The molecule has 0 saturated carbocycles. The lowest BCUT2D eigenvalue weighted by Gasteiger charge is -2.18. The van der Waals surface area contributed by atoms with Crippen LogP contribution in [-0.2, 0) is 17.9 Å². The summed E-state index contributed by atoms with van der Waals surface area (Å²) in [7, 11) is 0. The normalized spacial score (nSPS) is 15.8. The van der Waals surface area contributed by atoms with E-state index in [1.807, 2.05) is 6.92 Å². The smallest absolute Gasteiger partial charge is 0.233 e. The van der Waals surface area contributed by atoms with E-state index in [2.05, 4.69) is 65.7 Å². The molecule has 0 aliphatic carbocycles. The zero-order valence-electron chi connectivity index (χ0n) is 15.7. The molecule has 3 rings (SSSR count). The number of hydrogen-bond donors (Lipinski definition) is 1. The Bertz CT molecular complexity index is 723. The highest BCUT2D eigenvalue weighted by Gasteiger charge is 2.16. The van der Waals surface area contributed by atoms with Gasteiger partial charge in [-0.2, -0.15) is 0 Å².